The van der Waals surface area contributed by atoms with E-state index in [1.54, 1.807) is 12.5 Å². The lowest BCUT2D eigenvalue weighted by molar-refractivity contribution is 0.0950. The van der Waals surface area contributed by atoms with E-state index in [-0.39, 0.29) is 5.91 Å². The summed E-state index contributed by atoms with van der Waals surface area (Å²) in [4.78, 5) is 12.1. The predicted octanol–water partition coefficient (Wildman–Crippen LogP) is 4.18. The minimum atomic E-state index is -0.111. The number of amides is 1. The van der Waals surface area contributed by atoms with Gasteiger partial charge in [0.1, 0.15) is 5.75 Å². The molecule has 0 aliphatic carbocycles. The summed E-state index contributed by atoms with van der Waals surface area (Å²) < 4.78 is 15.2. The Kier molecular flexibility index (Phi) is 5.30. The number of methoxy groups -OCH3 is 1. The van der Waals surface area contributed by atoms with Crippen molar-refractivity contribution in [3.63, 3.8) is 0 Å². The quantitative estimate of drug-likeness (QED) is 0.721. The SMILES string of the molecule is COc1ccccc1Oc1ccc(CNC(=O)c2csnc2C)cc1. The molecule has 0 aliphatic rings. The Labute approximate surface area is 150 Å². The Hall–Kier alpha value is -2.86. The van der Waals surface area contributed by atoms with Gasteiger partial charge in [-0.25, -0.2) is 0 Å². The number of hydrogen-bond acceptors (Lipinski definition) is 5. The molecule has 1 N–H and O–H groups in total. The van der Waals surface area contributed by atoms with Gasteiger partial charge in [-0.15, -0.1) is 0 Å². The molecule has 0 radical (unpaired) electrons. The van der Waals surface area contributed by atoms with Gasteiger partial charge >= 0.3 is 0 Å². The number of ether oxygens (including phenoxy) is 2. The van der Waals surface area contributed by atoms with Gasteiger partial charge in [0.2, 0.25) is 0 Å². The molecular weight excluding hydrogens is 336 g/mol. The molecule has 0 unspecified atom stereocenters. The Bertz CT molecular complexity index is 859. The second kappa shape index (κ2) is 7.81. The summed E-state index contributed by atoms with van der Waals surface area (Å²) >= 11 is 1.28. The van der Waals surface area contributed by atoms with Crippen molar-refractivity contribution in [2.24, 2.45) is 0 Å². The second-order valence-electron chi connectivity index (χ2n) is 5.39. The Morgan fingerprint density at radius 1 is 1.12 bits per heavy atom. The number of nitrogens with one attached hydrogen (secondary N) is 1. The van der Waals surface area contributed by atoms with E-state index in [2.05, 4.69) is 9.69 Å². The molecule has 3 aromatic rings. The fourth-order valence-corrected chi connectivity index (χ4v) is 2.99. The molecule has 128 valence electrons. The van der Waals surface area contributed by atoms with Crippen molar-refractivity contribution in [3.05, 3.63) is 70.7 Å². The zero-order valence-electron chi connectivity index (χ0n) is 14.0. The van der Waals surface area contributed by atoms with Crippen molar-refractivity contribution in [3.8, 4) is 17.2 Å². The second-order valence-corrected chi connectivity index (χ2v) is 6.02. The van der Waals surface area contributed by atoms with E-state index in [1.165, 1.54) is 11.5 Å². The van der Waals surface area contributed by atoms with Crippen molar-refractivity contribution in [2.75, 3.05) is 7.11 Å². The molecule has 2 aromatic carbocycles. The number of nitrogens with zero attached hydrogens (tertiary/aromatic N) is 1. The number of aryl methyl sites for hydroxylation is 1. The van der Waals surface area contributed by atoms with E-state index >= 15 is 0 Å². The van der Waals surface area contributed by atoms with E-state index in [1.807, 2.05) is 55.5 Å². The number of carbonyl (C=O) groups excluding carboxylic acids is 1. The first-order valence-corrected chi connectivity index (χ1v) is 8.60. The Balaban J connectivity index is 1.61. The van der Waals surface area contributed by atoms with Gasteiger partial charge in [-0.1, -0.05) is 24.3 Å². The highest BCUT2D eigenvalue weighted by Gasteiger charge is 2.10. The van der Waals surface area contributed by atoms with Crippen LogP contribution in [0.15, 0.2) is 53.9 Å². The van der Waals surface area contributed by atoms with Crippen molar-refractivity contribution in [1.82, 2.24) is 9.69 Å². The molecule has 0 saturated carbocycles. The van der Waals surface area contributed by atoms with Gasteiger partial charge in [-0.3, -0.25) is 4.79 Å². The Morgan fingerprint density at radius 3 is 2.48 bits per heavy atom. The molecule has 1 heterocycles. The smallest absolute Gasteiger partial charge is 0.254 e. The zero-order chi connectivity index (χ0) is 17.6. The van der Waals surface area contributed by atoms with E-state index in [0.29, 0.717) is 29.4 Å². The molecule has 0 aliphatic heterocycles. The van der Waals surface area contributed by atoms with Crippen LogP contribution >= 0.6 is 11.5 Å². The molecule has 25 heavy (non-hydrogen) atoms. The topological polar surface area (TPSA) is 60.5 Å². The summed E-state index contributed by atoms with van der Waals surface area (Å²) in [6, 6.07) is 15.1. The molecular formula is C19H18N2O3S. The van der Waals surface area contributed by atoms with Crippen molar-refractivity contribution < 1.29 is 14.3 Å². The van der Waals surface area contributed by atoms with E-state index in [0.717, 1.165) is 11.3 Å². The molecule has 0 atom stereocenters. The number of carbonyl (C=O) groups is 1. The maximum Gasteiger partial charge on any atom is 0.254 e. The van der Waals surface area contributed by atoms with Gasteiger partial charge in [-0.05, 0) is 48.3 Å². The number of rotatable bonds is 6. The lowest BCUT2D eigenvalue weighted by atomic mass is 10.2. The van der Waals surface area contributed by atoms with Crippen LogP contribution in [0.3, 0.4) is 0 Å². The highest BCUT2D eigenvalue weighted by molar-refractivity contribution is 7.03. The molecule has 5 nitrogen and oxygen atoms in total. The monoisotopic (exact) mass is 354 g/mol. The normalized spacial score (nSPS) is 10.3. The van der Waals surface area contributed by atoms with Crippen LogP contribution in [0.5, 0.6) is 17.2 Å². The summed E-state index contributed by atoms with van der Waals surface area (Å²) in [5.74, 6) is 1.93. The third-order valence-corrected chi connectivity index (χ3v) is 4.39. The zero-order valence-corrected chi connectivity index (χ0v) is 14.8. The average molecular weight is 354 g/mol. The number of benzene rings is 2. The molecule has 0 bridgehead atoms. The highest BCUT2D eigenvalue weighted by Crippen LogP contribution is 2.30. The van der Waals surface area contributed by atoms with Crippen LogP contribution in [0.1, 0.15) is 21.6 Å². The van der Waals surface area contributed by atoms with Crippen LogP contribution in [0, 0.1) is 6.92 Å². The summed E-state index contributed by atoms with van der Waals surface area (Å²) in [6.07, 6.45) is 0. The van der Waals surface area contributed by atoms with Gasteiger partial charge in [0, 0.05) is 11.9 Å². The average Bonchev–Trinajstić information content (AvgIpc) is 3.07. The van der Waals surface area contributed by atoms with Crippen LogP contribution in [0.2, 0.25) is 0 Å². The molecule has 3 rings (SSSR count). The largest absolute Gasteiger partial charge is 0.493 e. The van der Waals surface area contributed by atoms with Gasteiger partial charge in [0.05, 0.1) is 18.4 Å². The summed E-state index contributed by atoms with van der Waals surface area (Å²) in [5.41, 5.74) is 2.37. The van der Waals surface area contributed by atoms with Crippen LogP contribution < -0.4 is 14.8 Å². The number of hydrogen-bond donors (Lipinski definition) is 1. The minimum Gasteiger partial charge on any atom is -0.493 e. The molecule has 0 spiro atoms. The van der Waals surface area contributed by atoms with Crippen LogP contribution in [-0.4, -0.2) is 17.4 Å². The molecule has 6 heteroatoms. The lowest BCUT2D eigenvalue weighted by Crippen LogP contribution is -2.22. The van der Waals surface area contributed by atoms with Crippen molar-refractivity contribution in [1.29, 1.82) is 0 Å². The molecule has 0 fully saturated rings. The molecule has 1 aromatic heterocycles. The number of aromatic nitrogens is 1. The Morgan fingerprint density at radius 2 is 1.84 bits per heavy atom. The van der Waals surface area contributed by atoms with Crippen molar-refractivity contribution >= 4 is 17.4 Å². The molecule has 1 amide bonds. The summed E-state index contributed by atoms with van der Waals surface area (Å²) in [6.45, 7) is 2.28. The first-order chi connectivity index (χ1) is 12.2. The van der Waals surface area contributed by atoms with Gasteiger partial charge in [-0.2, -0.15) is 4.37 Å². The minimum absolute atomic E-state index is 0.111. The van der Waals surface area contributed by atoms with E-state index in [4.69, 9.17) is 9.47 Å². The lowest BCUT2D eigenvalue weighted by Gasteiger charge is -2.10. The number of para-hydroxylation sites is 2. The van der Waals surface area contributed by atoms with Gasteiger partial charge in [0.15, 0.2) is 11.5 Å². The van der Waals surface area contributed by atoms with Crippen molar-refractivity contribution in [2.45, 2.75) is 13.5 Å². The molecule has 0 saturated heterocycles. The van der Waals surface area contributed by atoms with Crippen LogP contribution in [-0.2, 0) is 6.54 Å². The third kappa shape index (κ3) is 4.16. The van der Waals surface area contributed by atoms with Crippen LogP contribution in [0.4, 0.5) is 0 Å². The fourth-order valence-electron chi connectivity index (χ4n) is 2.29. The fraction of sp³-hybridized carbons (Fsp3) is 0.158. The predicted molar refractivity (Wildman–Crippen MR) is 97.5 cm³/mol. The first kappa shape index (κ1) is 17.0. The van der Waals surface area contributed by atoms with E-state index < -0.39 is 0 Å². The van der Waals surface area contributed by atoms with E-state index in [9.17, 15) is 4.79 Å². The standard InChI is InChI=1S/C19H18N2O3S/c1-13-16(12-25-21-13)19(22)20-11-14-7-9-15(10-8-14)24-18-6-4-3-5-17(18)23-2/h3-10,12H,11H2,1-2H3,(H,20,22). The van der Waals surface area contributed by atoms with Gasteiger partial charge in [0.25, 0.3) is 5.91 Å². The van der Waals surface area contributed by atoms with Crippen LogP contribution in [0.25, 0.3) is 0 Å². The first-order valence-electron chi connectivity index (χ1n) is 7.76. The highest BCUT2D eigenvalue weighted by atomic mass is 32.1. The summed E-state index contributed by atoms with van der Waals surface area (Å²) in [5, 5.41) is 4.66. The van der Waals surface area contributed by atoms with Gasteiger partial charge < -0.3 is 14.8 Å². The third-order valence-electron chi connectivity index (χ3n) is 3.67. The maximum absolute atomic E-state index is 12.1. The maximum atomic E-state index is 12.1. The summed E-state index contributed by atoms with van der Waals surface area (Å²) in [7, 11) is 1.61.